The molecule has 12 rings (SSSR count). The molecule has 1 heterocycles. The van der Waals surface area contributed by atoms with E-state index in [0.29, 0.717) is 0 Å². The summed E-state index contributed by atoms with van der Waals surface area (Å²) in [6.07, 6.45) is 0. The SMILES string of the molecule is CC1(C)c2ccccc2-c2ccc3oc4c5ccccc5c(-c5cccc(-c6c7ccccc7c(-c7cccc8ccccc78)c7ccccc67)c5)cc4c3c21. The van der Waals surface area contributed by atoms with Gasteiger partial charge in [-0.2, -0.15) is 0 Å². The van der Waals surface area contributed by atoms with Crippen molar-refractivity contribution in [3.05, 3.63) is 193 Å². The van der Waals surface area contributed by atoms with Crippen LogP contribution in [0.2, 0.25) is 0 Å². The predicted molar refractivity (Wildman–Crippen MR) is 238 cm³/mol. The number of hydrogen-bond acceptors (Lipinski definition) is 1. The summed E-state index contributed by atoms with van der Waals surface area (Å²) < 4.78 is 6.84. The molecule has 0 N–H and O–H groups in total. The maximum absolute atomic E-state index is 6.84. The van der Waals surface area contributed by atoms with Crippen LogP contribution in [0.1, 0.15) is 25.0 Å². The first-order valence-corrected chi connectivity index (χ1v) is 19.6. The highest BCUT2D eigenvalue weighted by molar-refractivity contribution is 6.24. The molecule has 0 amide bonds. The van der Waals surface area contributed by atoms with Crippen LogP contribution in [0.4, 0.5) is 0 Å². The first-order valence-electron chi connectivity index (χ1n) is 19.6. The quantitative estimate of drug-likeness (QED) is 0.166. The number of rotatable bonds is 3. The molecule has 0 aliphatic heterocycles. The fraction of sp³-hybridized carbons (Fsp3) is 0.0545. The Morgan fingerprint density at radius 3 is 1.71 bits per heavy atom. The average Bonchev–Trinajstić information content (AvgIpc) is 3.74. The van der Waals surface area contributed by atoms with E-state index in [0.717, 1.165) is 16.6 Å². The molecule has 0 saturated heterocycles. The molecule has 0 atom stereocenters. The van der Waals surface area contributed by atoms with Crippen molar-refractivity contribution in [1.29, 1.82) is 0 Å². The third-order valence-corrected chi connectivity index (χ3v) is 12.6. The minimum Gasteiger partial charge on any atom is -0.455 e. The molecule has 1 aliphatic rings. The van der Waals surface area contributed by atoms with Crippen LogP contribution in [-0.4, -0.2) is 0 Å². The van der Waals surface area contributed by atoms with Gasteiger partial charge in [0.15, 0.2) is 0 Å². The highest BCUT2D eigenvalue weighted by atomic mass is 16.3. The minimum absolute atomic E-state index is 0.158. The summed E-state index contributed by atoms with van der Waals surface area (Å²) in [6.45, 7) is 4.73. The Kier molecular flexibility index (Phi) is 6.46. The molecule has 0 radical (unpaired) electrons. The highest BCUT2D eigenvalue weighted by Crippen LogP contribution is 2.54. The Balaban J connectivity index is 1.13. The van der Waals surface area contributed by atoms with Crippen molar-refractivity contribution in [2.24, 2.45) is 0 Å². The summed E-state index contributed by atoms with van der Waals surface area (Å²) in [6, 6.07) is 67.0. The zero-order chi connectivity index (χ0) is 37.1. The molecule has 0 spiro atoms. The van der Waals surface area contributed by atoms with E-state index in [9.17, 15) is 0 Å². The number of benzene rings is 10. The van der Waals surface area contributed by atoms with Gasteiger partial charge in [0.05, 0.1) is 0 Å². The number of fused-ring (bicyclic) bond motifs is 12. The van der Waals surface area contributed by atoms with E-state index in [1.54, 1.807) is 0 Å². The zero-order valence-electron chi connectivity index (χ0n) is 31.2. The highest BCUT2D eigenvalue weighted by Gasteiger charge is 2.38. The molecule has 10 aromatic carbocycles. The van der Waals surface area contributed by atoms with Crippen LogP contribution >= 0.6 is 0 Å². The van der Waals surface area contributed by atoms with Gasteiger partial charge >= 0.3 is 0 Å². The number of hydrogen-bond donors (Lipinski definition) is 0. The van der Waals surface area contributed by atoms with E-state index >= 15 is 0 Å². The largest absolute Gasteiger partial charge is 0.455 e. The van der Waals surface area contributed by atoms with Gasteiger partial charge in [-0.15, -0.1) is 0 Å². The van der Waals surface area contributed by atoms with Crippen LogP contribution in [0.15, 0.2) is 186 Å². The first-order chi connectivity index (χ1) is 27.6. The summed E-state index contributed by atoms with van der Waals surface area (Å²) in [4.78, 5) is 0. The summed E-state index contributed by atoms with van der Waals surface area (Å²) in [5.74, 6) is 0. The normalized spacial score (nSPS) is 13.3. The molecule has 1 aromatic heterocycles. The van der Waals surface area contributed by atoms with Gasteiger partial charge in [-0.1, -0.05) is 178 Å². The van der Waals surface area contributed by atoms with Gasteiger partial charge in [0.1, 0.15) is 11.2 Å². The zero-order valence-corrected chi connectivity index (χ0v) is 31.2. The Labute approximate surface area is 325 Å². The Morgan fingerprint density at radius 1 is 0.375 bits per heavy atom. The lowest BCUT2D eigenvalue weighted by molar-refractivity contribution is 0.658. The van der Waals surface area contributed by atoms with Gasteiger partial charge < -0.3 is 4.42 Å². The van der Waals surface area contributed by atoms with Gasteiger partial charge in [-0.05, 0) is 112 Å². The molecule has 0 unspecified atom stereocenters. The Morgan fingerprint density at radius 2 is 0.946 bits per heavy atom. The summed E-state index contributed by atoms with van der Waals surface area (Å²) in [7, 11) is 0. The summed E-state index contributed by atoms with van der Waals surface area (Å²) in [5, 5.41) is 12.3. The lowest BCUT2D eigenvalue weighted by Crippen LogP contribution is -2.15. The molecule has 56 heavy (non-hydrogen) atoms. The van der Waals surface area contributed by atoms with E-state index in [4.69, 9.17) is 4.42 Å². The van der Waals surface area contributed by atoms with Gasteiger partial charge in [0, 0.05) is 21.6 Å². The summed E-state index contributed by atoms with van der Waals surface area (Å²) in [5.41, 5.74) is 14.5. The second kappa shape index (κ2) is 11.5. The molecule has 1 heteroatoms. The van der Waals surface area contributed by atoms with Crippen molar-refractivity contribution in [2.45, 2.75) is 19.3 Å². The van der Waals surface area contributed by atoms with Crippen molar-refractivity contribution < 1.29 is 4.42 Å². The second-order valence-electron chi connectivity index (χ2n) is 15.9. The lowest BCUT2D eigenvalue weighted by Gasteiger charge is -2.22. The van der Waals surface area contributed by atoms with Crippen molar-refractivity contribution in [2.75, 3.05) is 0 Å². The third kappa shape index (κ3) is 4.26. The molecule has 262 valence electrons. The van der Waals surface area contributed by atoms with E-state index in [1.807, 2.05) is 0 Å². The van der Waals surface area contributed by atoms with Gasteiger partial charge in [0.25, 0.3) is 0 Å². The van der Waals surface area contributed by atoms with E-state index < -0.39 is 0 Å². The average molecular weight is 713 g/mol. The van der Waals surface area contributed by atoms with Crippen molar-refractivity contribution in [3.8, 4) is 44.5 Å². The van der Waals surface area contributed by atoms with Crippen LogP contribution in [0, 0.1) is 0 Å². The van der Waals surface area contributed by atoms with Gasteiger partial charge in [-0.25, -0.2) is 0 Å². The Hall–Kier alpha value is -6.96. The molecule has 11 aromatic rings. The second-order valence-corrected chi connectivity index (χ2v) is 15.9. The van der Waals surface area contributed by atoms with Crippen molar-refractivity contribution in [1.82, 2.24) is 0 Å². The maximum Gasteiger partial charge on any atom is 0.143 e. The van der Waals surface area contributed by atoms with E-state index in [1.165, 1.54) is 104 Å². The fourth-order valence-electron chi connectivity index (χ4n) is 10.2. The van der Waals surface area contributed by atoms with E-state index in [2.05, 4.69) is 196 Å². The maximum atomic E-state index is 6.84. The monoisotopic (exact) mass is 712 g/mol. The number of furan rings is 1. The predicted octanol–water partition coefficient (Wildman–Crippen LogP) is 15.5. The van der Waals surface area contributed by atoms with E-state index in [-0.39, 0.29) is 5.41 Å². The fourth-order valence-corrected chi connectivity index (χ4v) is 10.2. The van der Waals surface area contributed by atoms with Crippen molar-refractivity contribution in [3.63, 3.8) is 0 Å². The lowest BCUT2D eigenvalue weighted by atomic mass is 9.80. The third-order valence-electron chi connectivity index (χ3n) is 12.6. The molecular weight excluding hydrogens is 677 g/mol. The Bertz CT molecular complexity index is 3390. The van der Waals surface area contributed by atoms with Crippen LogP contribution in [0.5, 0.6) is 0 Å². The molecule has 1 nitrogen and oxygen atoms in total. The molecule has 0 fully saturated rings. The molecule has 0 saturated carbocycles. The summed E-state index contributed by atoms with van der Waals surface area (Å²) >= 11 is 0. The minimum atomic E-state index is -0.158. The van der Waals surface area contributed by atoms with Crippen LogP contribution in [0.3, 0.4) is 0 Å². The first kappa shape index (κ1) is 31.4. The van der Waals surface area contributed by atoms with Crippen LogP contribution in [-0.2, 0) is 5.41 Å². The smallest absolute Gasteiger partial charge is 0.143 e. The molecule has 0 bridgehead atoms. The van der Waals surface area contributed by atoms with Gasteiger partial charge in [0.2, 0.25) is 0 Å². The molecular formula is C55H36O. The molecule has 1 aliphatic carbocycles. The topological polar surface area (TPSA) is 13.1 Å². The van der Waals surface area contributed by atoms with Crippen LogP contribution < -0.4 is 0 Å². The standard InChI is InChI=1S/C55H36O/c1-55(2)48-28-12-11-21-38(48)44-29-30-49-52(53(44)55)47-32-46(37-20-5-10-26-45(37)54(47)56-49)34-17-13-18-35(31-34)50-40-22-6-8-24-42(40)51(43-25-9-7-23-41(43)50)39-27-14-16-33-15-3-4-19-36(33)39/h3-32H,1-2H3. The van der Waals surface area contributed by atoms with Gasteiger partial charge in [-0.3, -0.25) is 0 Å². The van der Waals surface area contributed by atoms with Crippen molar-refractivity contribution >= 4 is 65.0 Å². The van der Waals surface area contributed by atoms with Crippen LogP contribution in [0.25, 0.3) is 110 Å².